The first-order valence-electron chi connectivity index (χ1n) is 8.84. The lowest BCUT2D eigenvalue weighted by Crippen LogP contribution is -2.38. The van der Waals surface area contributed by atoms with Crippen LogP contribution in [0.1, 0.15) is 34.3 Å². The highest BCUT2D eigenvalue weighted by atomic mass is 79.9. The minimum atomic E-state index is -0.134. The fraction of sp³-hybridized carbons (Fsp3) is 0.182. The number of amides is 1. The summed E-state index contributed by atoms with van der Waals surface area (Å²) in [6, 6.07) is 18.9. The minimum Gasteiger partial charge on any atom is -0.349 e. The van der Waals surface area contributed by atoms with Crippen LogP contribution in [0, 0.1) is 0 Å². The Bertz CT molecular complexity index is 946. The maximum atomic E-state index is 12.7. The molecular formula is C22H19BrCl2N2O. The molecule has 0 fully saturated rings. The average molecular weight is 478 g/mol. The molecule has 0 aliphatic heterocycles. The second-order valence-electron chi connectivity index (χ2n) is 6.62. The monoisotopic (exact) mass is 476 g/mol. The van der Waals surface area contributed by atoms with Crippen LogP contribution in [0.25, 0.3) is 0 Å². The number of benzene rings is 2. The molecule has 0 bridgehead atoms. The van der Waals surface area contributed by atoms with Crippen LogP contribution in [0.3, 0.4) is 0 Å². The SMILES string of the molecule is CC(NC(=O)c1ccnc(Br)c1)C(Cc1ccc(Cl)cc1)c1ccc(Cl)cc1. The molecule has 0 spiro atoms. The first-order valence-corrected chi connectivity index (χ1v) is 10.4. The van der Waals surface area contributed by atoms with Gasteiger partial charge in [0.05, 0.1) is 0 Å². The van der Waals surface area contributed by atoms with E-state index < -0.39 is 0 Å². The molecule has 0 aliphatic rings. The highest BCUT2D eigenvalue weighted by Gasteiger charge is 2.22. The Hall–Kier alpha value is -1.88. The van der Waals surface area contributed by atoms with Crippen LogP contribution in [0.5, 0.6) is 0 Å². The molecule has 1 heterocycles. The molecule has 6 heteroatoms. The summed E-state index contributed by atoms with van der Waals surface area (Å²) in [6.07, 6.45) is 2.37. The summed E-state index contributed by atoms with van der Waals surface area (Å²) in [5.74, 6) is -0.0571. The Labute approximate surface area is 183 Å². The summed E-state index contributed by atoms with van der Waals surface area (Å²) in [5.41, 5.74) is 2.83. The van der Waals surface area contributed by atoms with Gasteiger partial charge >= 0.3 is 0 Å². The fourth-order valence-corrected chi connectivity index (χ4v) is 3.72. The third-order valence-corrected chi connectivity index (χ3v) is 5.56. The number of nitrogens with zero attached hydrogens (tertiary/aromatic N) is 1. The van der Waals surface area contributed by atoms with Crippen LogP contribution in [-0.4, -0.2) is 16.9 Å². The second kappa shape index (κ2) is 9.55. The number of nitrogens with one attached hydrogen (secondary N) is 1. The van der Waals surface area contributed by atoms with Gasteiger partial charge in [0.2, 0.25) is 0 Å². The molecule has 1 amide bonds. The predicted octanol–water partition coefficient (Wildman–Crippen LogP) is 6.30. The summed E-state index contributed by atoms with van der Waals surface area (Å²) in [5, 5.41) is 4.51. The molecule has 2 unspecified atom stereocenters. The van der Waals surface area contributed by atoms with E-state index in [1.54, 1.807) is 18.3 Å². The van der Waals surface area contributed by atoms with Gasteiger partial charge in [-0.1, -0.05) is 47.5 Å². The standard InChI is InChI=1S/C22H19BrCl2N2O/c1-14(27-22(28)17-10-11-26-21(23)13-17)20(16-4-8-19(25)9-5-16)12-15-2-6-18(24)7-3-15/h2-11,13-14,20H,12H2,1H3,(H,27,28). The lowest BCUT2D eigenvalue weighted by molar-refractivity contribution is 0.0934. The minimum absolute atomic E-state index is 0.0765. The van der Waals surface area contributed by atoms with Crippen molar-refractivity contribution < 1.29 is 4.79 Å². The summed E-state index contributed by atoms with van der Waals surface area (Å²) in [7, 11) is 0. The molecule has 3 aromatic rings. The van der Waals surface area contributed by atoms with Gasteiger partial charge in [-0.2, -0.15) is 0 Å². The lowest BCUT2D eigenvalue weighted by atomic mass is 9.86. The zero-order valence-corrected chi connectivity index (χ0v) is 18.3. The Morgan fingerprint density at radius 1 is 1.04 bits per heavy atom. The molecule has 0 radical (unpaired) electrons. The van der Waals surface area contributed by atoms with Gasteiger partial charge in [-0.3, -0.25) is 4.79 Å². The molecule has 3 rings (SSSR count). The number of hydrogen-bond acceptors (Lipinski definition) is 2. The largest absolute Gasteiger partial charge is 0.349 e. The maximum Gasteiger partial charge on any atom is 0.251 e. The smallest absolute Gasteiger partial charge is 0.251 e. The summed E-state index contributed by atoms with van der Waals surface area (Å²) >= 11 is 15.4. The highest BCUT2D eigenvalue weighted by Crippen LogP contribution is 2.27. The maximum absolute atomic E-state index is 12.7. The molecule has 1 N–H and O–H groups in total. The van der Waals surface area contributed by atoms with Gasteiger partial charge < -0.3 is 5.32 Å². The summed E-state index contributed by atoms with van der Waals surface area (Å²) in [4.78, 5) is 16.8. The van der Waals surface area contributed by atoms with Gasteiger partial charge in [-0.15, -0.1) is 0 Å². The number of pyridine rings is 1. The van der Waals surface area contributed by atoms with Crippen molar-refractivity contribution in [3.05, 3.63) is 98.2 Å². The Kier molecular flexibility index (Phi) is 7.11. The second-order valence-corrected chi connectivity index (χ2v) is 8.30. The van der Waals surface area contributed by atoms with Crippen molar-refractivity contribution in [3.8, 4) is 0 Å². The molecular weight excluding hydrogens is 459 g/mol. The van der Waals surface area contributed by atoms with Crippen molar-refractivity contribution in [1.29, 1.82) is 0 Å². The van der Waals surface area contributed by atoms with E-state index in [9.17, 15) is 4.79 Å². The predicted molar refractivity (Wildman–Crippen MR) is 118 cm³/mol. The van der Waals surface area contributed by atoms with Gasteiger partial charge in [0.15, 0.2) is 0 Å². The molecule has 0 saturated carbocycles. The van der Waals surface area contributed by atoms with E-state index in [2.05, 4.69) is 26.2 Å². The third-order valence-electron chi connectivity index (χ3n) is 4.62. The van der Waals surface area contributed by atoms with E-state index in [0.29, 0.717) is 20.2 Å². The number of rotatable bonds is 6. The number of hydrogen-bond donors (Lipinski definition) is 1. The van der Waals surface area contributed by atoms with E-state index in [1.165, 1.54) is 0 Å². The third kappa shape index (κ3) is 5.57. The van der Waals surface area contributed by atoms with Crippen LogP contribution in [0.2, 0.25) is 10.0 Å². The number of carbonyl (C=O) groups is 1. The lowest BCUT2D eigenvalue weighted by Gasteiger charge is -2.26. The van der Waals surface area contributed by atoms with Crippen LogP contribution < -0.4 is 5.32 Å². The molecule has 2 aromatic carbocycles. The Morgan fingerprint density at radius 2 is 1.64 bits per heavy atom. The van der Waals surface area contributed by atoms with Gasteiger partial charge in [0.25, 0.3) is 5.91 Å². The first kappa shape index (κ1) is 20.8. The van der Waals surface area contributed by atoms with Crippen LogP contribution in [-0.2, 0) is 6.42 Å². The molecule has 0 aliphatic carbocycles. The molecule has 28 heavy (non-hydrogen) atoms. The van der Waals surface area contributed by atoms with E-state index in [0.717, 1.165) is 17.5 Å². The molecule has 0 saturated heterocycles. The molecule has 2 atom stereocenters. The van der Waals surface area contributed by atoms with E-state index in [4.69, 9.17) is 23.2 Å². The first-order chi connectivity index (χ1) is 13.4. The van der Waals surface area contributed by atoms with Gasteiger partial charge in [0.1, 0.15) is 4.60 Å². The quantitative estimate of drug-likeness (QED) is 0.423. The highest BCUT2D eigenvalue weighted by molar-refractivity contribution is 9.10. The van der Waals surface area contributed by atoms with Crippen molar-refractivity contribution in [1.82, 2.24) is 10.3 Å². The molecule has 3 nitrogen and oxygen atoms in total. The Balaban J connectivity index is 1.83. The van der Waals surface area contributed by atoms with Crippen molar-refractivity contribution in [2.45, 2.75) is 25.3 Å². The van der Waals surface area contributed by atoms with E-state index >= 15 is 0 Å². The van der Waals surface area contributed by atoms with Crippen LogP contribution >= 0.6 is 39.1 Å². The van der Waals surface area contributed by atoms with E-state index in [1.807, 2.05) is 55.5 Å². The zero-order chi connectivity index (χ0) is 20.1. The van der Waals surface area contributed by atoms with Crippen molar-refractivity contribution >= 4 is 45.0 Å². The van der Waals surface area contributed by atoms with Gasteiger partial charge in [-0.25, -0.2) is 4.98 Å². The number of carbonyl (C=O) groups excluding carboxylic acids is 1. The molecule has 144 valence electrons. The fourth-order valence-electron chi connectivity index (χ4n) is 3.10. The van der Waals surface area contributed by atoms with Gasteiger partial charge in [-0.05, 0) is 76.8 Å². The van der Waals surface area contributed by atoms with Crippen molar-refractivity contribution in [2.24, 2.45) is 0 Å². The van der Waals surface area contributed by atoms with Gasteiger partial charge in [0, 0.05) is 33.8 Å². The average Bonchev–Trinajstić information content (AvgIpc) is 2.68. The van der Waals surface area contributed by atoms with E-state index in [-0.39, 0.29) is 17.9 Å². The molecule has 1 aromatic heterocycles. The van der Waals surface area contributed by atoms with Crippen LogP contribution in [0.15, 0.2) is 71.5 Å². The summed E-state index contributed by atoms with van der Waals surface area (Å²) < 4.78 is 0.628. The Morgan fingerprint density at radius 3 is 2.25 bits per heavy atom. The summed E-state index contributed by atoms with van der Waals surface area (Å²) in [6.45, 7) is 2.02. The zero-order valence-electron chi connectivity index (χ0n) is 15.2. The van der Waals surface area contributed by atoms with Crippen molar-refractivity contribution in [3.63, 3.8) is 0 Å². The number of aromatic nitrogens is 1. The van der Waals surface area contributed by atoms with Crippen LogP contribution in [0.4, 0.5) is 0 Å². The van der Waals surface area contributed by atoms with Crippen molar-refractivity contribution in [2.75, 3.05) is 0 Å². The normalized spacial score (nSPS) is 13.0. The number of halogens is 3. The topological polar surface area (TPSA) is 42.0 Å².